The van der Waals surface area contributed by atoms with Gasteiger partial charge in [-0.25, -0.2) is 9.97 Å². The summed E-state index contributed by atoms with van der Waals surface area (Å²) in [4.78, 5) is 23.3. The van der Waals surface area contributed by atoms with Gasteiger partial charge in [0.05, 0.1) is 11.9 Å². The molecule has 0 bridgehead atoms. The van der Waals surface area contributed by atoms with Crippen molar-refractivity contribution in [3.05, 3.63) is 40.0 Å². The molecule has 2 aliphatic rings. The number of nitrogens with zero attached hydrogens (tertiary/aromatic N) is 2. The molecule has 2 N–H and O–H groups in total. The second-order valence-corrected chi connectivity index (χ2v) is 8.38. The minimum absolute atomic E-state index is 0.0803. The number of anilines is 2. The Balaban J connectivity index is 1.26. The zero-order valence-electron chi connectivity index (χ0n) is 15.8. The lowest BCUT2D eigenvalue weighted by atomic mass is 10.0. The van der Waals surface area contributed by atoms with Crippen molar-refractivity contribution in [3.8, 4) is 5.75 Å². The molecule has 3 aromatic rings. The van der Waals surface area contributed by atoms with Crippen molar-refractivity contribution in [2.24, 2.45) is 0 Å². The third-order valence-corrected chi connectivity index (χ3v) is 6.50. The van der Waals surface area contributed by atoms with Crippen LogP contribution in [0.2, 0.25) is 0 Å². The van der Waals surface area contributed by atoms with Gasteiger partial charge < -0.3 is 15.4 Å². The molecule has 1 aliphatic carbocycles. The summed E-state index contributed by atoms with van der Waals surface area (Å²) in [6.45, 7) is 3.16. The van der Waals surface area contributed by atoms with E-state index in [2.05, 4.69) is 20.6 Å². The molecule has 1 aliphatic heterocycles. The van der Waals surface area contributed by atoms with Crippen LogP contribution in [-0.2, 0) is 24.1 Å². The Bertz CT molecular complexity index is 1080. The zero-order valence-corrected chi connectivity index (χ0v) is 16.6. The molecular weight excluding hydrogens is 372 g/mol. The molecule has 0 spiro atoms. The minimum Gasteiger partial charge on any atom is -0.492 e. The summed E-state index contributed by atoms with van der Waals surface area (Å²) in [5.41, 5.74) is 3.46. The quantitative estimate of drug-likeness (QED) is 0.643. The summed E-state index contributed by atoms with van der Waals surface area (Å²) in [5, 5.41) is 7.55. The summed E-state index contributed by atoms with van der Waals surface area (Å²) < 4.78 is 5.92. The van der Waals surface area contributed by atoms with Crippen LogP contribution < -0.4 is 15.4 Å². The van der Waals surface area contributed by atoms with Crippen LogP contribution in [0.3, 0.4) is 0 Å². The van der Waals surface area contributed by atoms with Gasteiger partial charge in [-0.2, -0.15) is 0 Å². The molecule has 6 nitrogen and oxygen atoms in total. The van der Waals surface area contributed by atoms with Gasteiger partial charge in [-0.1, -0.05) is 0 Å². The van der Waals surface area contributed by atoms with Crippen LogP contribution in [0.15, 0.2) is 18.2 Å². The summed E-state index contributed by atoms with van der Waals surface area (Å²) in [7, 11) is 0. The molecule has 1 aromatic carbocycles. The Kier molecular flexibility index (Phi) is 4.39. The molecule has 28 heavy (non-hydrogen) atoms. The number of thiophene rings is 1. The van der Waals surface area contributed by atoms with E-state index >= 15 is 0 Å². The molecule has 1 amide bonds. The topological polar surface area (TPSA) is 76.1 Å². The first-order chi connectivity index (χ1) is 13.7. The van der Waals surface area contributed by atoms with E-state index in [1.807, 2.05) is 36.5 Å². The molecule has 2 aromatic heterocycles. The molecule has 5 rings (SSSR count). The number of carbonyl (C=O) groups is 1. The highest BCUT2D eigenvalue weighted by atomic mass is 32.1. The predicted octanol–water partition coefficient (Wildman–Crippen LogP) is 3.86. The van der Waals surface area contributed by atoms with Crippen LogP contribution in [0, 0.1) is 6.92 Å². The third-order valence-electron chi connectivity index (χ3n) is 5.31. The monoisotopic (exact) mass is 394 g/mol. The van der Waals surface area contributed by atoms with Gasteiger partial charge >= 0.3 is 0 Å². The van der Waals surface area contributed by atoms with Crippen molar-refractivity contribution in [1.82, 2.24) is 9.97 Å². The van der Waals surface area contributed by atoms with Gasteiger partial charge in [0.1, 0.15) is 28.8 Å². The number of amides is 1. The van der Waals surface area contributed by atoms with Crippen molar-refractivity contribution in [2.75, 3.05) is 23.8 Å². The molecule has 0 fully saturated rings. The number of ether oxygens (including phenoxy) is 1. The van der Waals surface area contributed by atoms with Gasteiger partial charge in [-0.05, 0) is 61.9 Å². The van der Waals surface area contributed by atoms with Crippen molar-refractivity contribution in [3.63, 3.8) is 0 Å². The van der Waals surface area contributed by atoms with Crippen LogP contribution in [0.25, 0.3) is 10.2 Å². The van der Waals surface area contributed by atoms with Crippen molar-refractivity contribution < 1.29 is 9.53 Å². The number of aryl methyl sites for hydroxylation is 4. The highest BCUT2D eigenvalue weighted by Gasteiger charge is 2.21. The van der Waals surface area contributed by atoms with Gasteiger partial charge in [-0.3, -0.25) is 4.79 Å². The molecule has 144 valence electrons. The highest BCUT2D eigenvalue weighted by Crippen LogP contribution is 2.39. The summed E-state index contributed by atoms with van der Waals surface area (Å²) in [6, 6.07) is 5.85. The highest BCUT2D eigenvalue weighted by molar-refractivity contribution is 7.19. The molecule has 0 atom stereocenters. The molecule has 7 heteroatoms. The lowest BCUT2D eigenvalue weighted by molar-refractivity contribution is -0.116. The van der Waals surface area contributed by atoms with Gasteiger partial charge in [0.25, 0.3) is 0 Å². The van der Waals surface area contributed by atoms with Gasteiger partial charge in [0, 0.05) is 17.0 Å². The summed E-state index contributed by atoms with van der Waals surface area (Å²) in [5.74, 6) is 2.64. The Morgan fingerprint density at radius 3 is 3.07 bits per heavy atom. The Morgan fingerprint density at radius 2 is 2.14 bits per heavy atom. The third kappa shape index (κ3) is 3.20. The average Bonchev–Trinajstić information content (AvgIpc) is 3.25. The van der Waals surface area contributed by atoms with E-state index in [0.29, 0.717) is 19.6 Å². The molecule has 0 saturated carbocycles. The lowest BCUT2D eigenvalue weighted by Gasteiger charge is -2.17. The van der Waals surface area contributed by atoms with E-state index in [0.717, 1.165) is 52.7 Å². The molecule has 0 unspecified atom stereocenters. The van der Waals surface area contributed by atoms with E-state index < -0.39 is 0 Å². The number of hydrogen-bond acceptors (Lipinski definition) is 6. The lowest BCUT2D eigenvalue weighted by Crippen LogP contribution is -2.19. The van der Waals surface area contributed by atoms with Crippen LogP contribution in [0.1, 0.15) is 34.7 Å². The number of hydrogen-bond donors (Lipinski definition) is 2. The number of rotatable bonds is 5. The molecule has 3 heterocycles. The Hall–Kier alpha value is -2.67. The maximum Gasteiger partial charge on any atom is 0.224 e. The number of nitrogens with one attached hydrogen (secondary N) is 2. The number of carbonyl (C=O) groups excluding carboxylic acids is 1. The molecule has 0 saturated heterocycles. The zero-order chi connectivity index (χ0) is 19.1. The van der Waals surface area contributed by atoms with E-state index in [1.165, 1.54) is 22.2 Å². The first-order valence-corrected chi connectivity index (χ1v) is 10.6. The van der Waals surface area contributed by atoms with Crippen molar-refractivity contribution >= 4 is 39.0 Å². The van der Waals surface area contributed by atoms with Gasteiger partial charge in [-0.15, -0.1) is 11.3 Å². The fourth-order valence-electron chi connectivity index (χ4n) is 4.02. The first-order valence-electron chi connectivity index (χ1n) is 9.76. The van der Waals surface area contributed by atoms with Gasteiger partial charge in [0.2, 0.25) is 5.91 Å². The SMILES string of the molecule is Cc1nc(NCCOc2ccc3c(c2)CCC(=O)N3)c2c3c(sc2n1)CCC3. The smallest absolute Gasteiger partial charge is 0.224 e. The van der Waals surface area contributed by atoms with Gasteiger partial charge in [0.15, 0.2) is 0 Å². The summed E-state index contributed by atoms with van der Waals surface area (Å²) >= 11 is 1.81. The van der Waals surface area contributed by atoms with E-state index in [-0.39, 0.29) is 5.91 Å². The Labute approximate surface area is 167 Å². The first kappa shape index (κ1) is 17.4. The van der Waals surface area contributed by atoms with Crippen LogP contribution in [0.5, 0.6) is 5.75 Å². The van der Waals surface area contributed by atoms with Crippen molar-refractivity contribution in [2.45, 2.75) is 39.0 Å². The van der Waals surface area contributed by atoms with E-state index in [1.54, 1.807) is 0 Å². The maximum atomic E-state index is 11.5. The second kappa shape index (κ2) is 7.05. The molecule has 0 radical (unpaired) electrons. The van der Waals surface area contributed by atoms with Crippen LogP contribution in [-0.4, -0.2) is 29.0 Å². The summed E-state index contributed by atoms with van der Waals surface area (Å²) in [6.07, 6.45) is 4.81. The molecular formula is C21H22N4O2S. The fourth-order valence-corrected chi connectivity index (χ4v) is 5.33. The standard InChI is InChI=1S/C21H22N4O2S/c1-12-23-20(19-15-3-2-4-17(15)28-21(19)24-12)22-9-10-27-14-6-7-16-13(11-14)5-8-18(26)25-16/h6-7,11H,2-5,8-10H2,1H3,(H,25,26)(H,22,23,24). The maximum absolute atomic E-state index is 11.5. The number of fused-ring (bicyclic) bond motifs is 4. The predicted molar refractivity (Wildman–Crippen MR) is 112 cm³/mol. The van der Waals surface area contributed by atoms with Crippen molar-refractivity contribution in [1.29, 1.82) is 0 Å². The Morgan fingerprint density at radius 1 is 1.21 bits per heavy atom. The largest absolute Gasteiger partial charge is 0.492 e. The van der Waals surface area contributed by atoms with E-state index in [4.69, 9.17) is 4.74 Å². The fraction of sp³-hybridized carbons (Fsp3) is 0.381. The number of aromatic nitrogens is 2. The van der Waals surface area contributed by atoms with E-state index in [9.17, 15) is 4.79 Å². The number of benzene rings is 1. The van der Waals surface area contributed by atoms with Crippen LogP contribution >= 0.6 is 11.3 Å². The normalized spacial score (nSPS) is 15.2. The minimum atomic E-state index is 0.0803. The second-order valence-electron chi connectivity index (χ2n) is 7.30. The van der Waals surface area contributed by atoms with Crippen LogP contribution in [0.4, 0.5) is 11.5 Å². The average molecular weight is 395 g/mol.